The zero-order valence-corrected chi connectivity index (χ0v) is 9.99. The number of rotatable bonds is 4. The minimum Gasteiger partial charge on any atom is -0.494 e. The summed E-state index contributed by atoms with van der Waals surface area (Å²) in [5.41, 5.74) is 0.747. The molecule has 4 heteroatoms. The van der Waals surface area contributed by atoms with Gasteiger partial charge in [-0.25, -0.2) is 4.79 Å². The van der Waals surface area contributed by atoms with E-state index in [4.69, 9.17) is 4.74 Å². The Bertz CT molecular complexity index is 353. The Kier molecular flexibility index (Phi) is 4.64. The van der Waals surface area contributed by atoms with Crippen LogP contribution in [0.25, 0.3) is 0 Å². The van der Waals surface area contributed by atoms with E-state index in [1.54, 1.807) is 11.9 Å². The maximum Gasteiger partial charge on any atom is 0.321 e. The Morgan fingerprint density at radius 2 is 2.19 bits per heavy atom. The normalized spacial score (nSPS) is 9.69. The first-order valence-corrected chi connectivity index (χ1v) is 5.42. The molecule has 0 aliphatic rings. The molecule has 0 unspecified atom stereocenters. The molecular weight excluding hydrogens is 204 g/mol. The van der Waals surface area contributed by atoms with E-state index in [2.05, 4.69) is 5.32 Å². The third-order valence-electron chi connectivity index (χ3n) is 2.22. The molecule has 0 radical (unpaired) electrons. The smallest absolute Gasteiger partial charge is 0.321 e. The Morgan fingerprint density at radius 3 is 2.81 bits per heavy atom. The number of ether oxygens (including phenoxy) is 1. The quantitative estimate of drug-likeness (QED) is 0.850. The van der Waals surface area contributed by atoms with Crippen LogP contribution in [0.4, 0.5) is 10.5 Å². The first-order chi connectivity index (χ1) is 7.67. The Hall–Kier alpha value is -1.71. The first-order valence-electron chi connectivity index (χ1n) is 5.42. The van der Waals surface area contributed by atoms with E-state index in [1.165, 1.54) is 0 Å². The molecule has 0 fully saturated rings. The Morgan fingerprint density at radius 1 is 1.44 bits per heavy atom. The van der Waals surface area contributed by atoms with Crippen LogP contribution in [0.15, 0.2) is 24.3 Å². The van der Waals surface area contributed by atoms with Crippen LogP contribution in [-0.2, 0) is 0 Å². The molecule has 0 heterocycles. The summed E-state index contributed by atoms with van der Waals surface area (Å²) >= 11 is 0. The topological polar surface area (TPSA) is 41.6 Å². The Labute approximate surface area is 96.2 Å². The predicted octanol–water partition coefficient (Wildman–Crippen LogP) is 2.57. The van der Waals surface area contributed by atoms with Crippen molar-refractivity contribution in [2.75, 3.05) is 25.5 Å². The van der Waals surface area contributed by atoms with Crippen molar-refractivity contribution in [1.29, 1.82) is 0 Å². The maximum atomic E-state index is 11.6. The number of nitrogens with zero attached hydrogens (tertiary/aromatic N) is 1. The van der Waals surface area contributed by atoms with Crippen LogP contribution in [0.1, 0.15) is 13.8 Å². The number of carbonyl (C=O) groups is 1. The third-order valence-corrected chi connectivity index (χ3v) is 2.22. The fourth-order valence-electron chi connectivity index (χ4n) is 1.19. The molecule has 0 atom stereocenters. The maximum absolute atomic E-state index is 11.6. The highest BCUT2D eigenvalue weighted by molar-refractivity contribution is 5.89. The van der Waals surface area contributed by atoms with E-state index in [0.29, 0.717) is 13.2 Å². The van der Waals surface area contributed by atoms with Crippen molar-refractivity contribution >= 4 is 11.7 Å². The van der Waals surface area contributed by atoms with E-state index < -0.39 is 0 Å². The zero-order valence-electron chi connectivity index (χ0n) is 9.99. The van der Waals surface area contributed by atoms with Gasteiger partial charge >= 0.3 is 6.03 Å². The SMILES string of the molecule is CCOc1cccc(NC(=O)N(C)CC)c1. The summed E-state index contributed by atoms with van der Waals surface area (Å²) in [7, 11) is 1.75. The second-order valence-electron chi connectivity index (χ2n) is 3.41. The molecule has 2 amide bonds. The summed E-state index contributed by atoms with van der Waals surface area (Å²) in [4.78, 5) is 13.2. The van der Waals surface area contributed by atoms with E-state index >= 15 is 0 Å². The van der Waals surface area contributed by atoms with Crippen LogP contribution in [0.3, 0.4) is 0 Å². The highest BCUT2D eigenvalue weighted by Crippen LogP contribution is 2.17. The fraction of sp³-hybridized carbons (Fsp3) is 0.417. The van der Waals surface area contributed by atoms with Crippen molar-refractivity contribution in [1.82, 2.24) is 4.90 Å². The van der Waals surface area contributed by atoms with Crippen molar-refractivity contribution < 1.29 is 9.53 Å². The molecule has 1 rings (SSSR count). The third kappa shape index (κ3) is 3.46. The second kappa shape index (κ2) is 6.00. The summed E-state index contributed by atoms with van der Waals surface area (Å²) < 4.78 is 5.35. The van der Waals surface area contributed by atoms with Gasteiger partial charge in [0.25, 0.3) is 0 Å². The number of anilines is 1. The molecular formula is C12H18N2O2. The van der Waals surface area contributed by atoms with Gasteiger partial charge in [-0.15, -0.1) is 0 Å². The minimum atomic E-state index is -0.115. The van der Waals surface area contributed by atoms with Gasteiger partial charge in [-0.3, -0.25) is 0 Å². The number of carbonyl (C=O) groups excluding carboxylic acids is 1. The monoisotopic (exact) mass is 222 g/mol. The van der Waals surface area contributed by atoms with E-state index in [1.807, 2.05) is 38.1 Å². The average molecular weight is 222 g/mol. The van der Waals surface area contributed by atoms with Gasteiger partial charge in [0, 0.05) is 25.3 Å². The molecule has 0 bridgehead atoms. The van der Waals surface area contributed by atoms with Gasteiger partial charge < -0.3 is 15.0 Å². The first kappa shape index (κ1) is 12.4. The lowest BCUT2D eigenvalue weighted by atomic mass is 10.3. The molecule has 0 saturated carbocycles. The molecule has 0 aromatic heterocycles. The second-order valence-corrected chi connectivity index (χ2v) is 3.41. The largest absolute Gasteiger partial charge is 0.494 e. The zero-order chi connectivity index (χ0) is 12.0. The molecule has 0 saturated heterocycles. The van der Waals surface area contributed by atoms with Gasteiger partial charge in [-0.1, -0.05) is 6.07 Å². The summed E-state index contributed by atoms with van der Waals surface area (Å²) in [5, 5.41) is 2.80. The summed E-state index contributed by atoms with van der Waals surface area (Å²) in [6, 6.07) is 7.25. The minimum absolute atomic E-state index is 0.115. The predicted molar refractivity (Wildman–Crippen MR) is 64.9 cm³/mol. The summed E-state index contributed by atoms with van der Waals surface area (Å²) in [6.07, 6.45) is 0. The van der Waals surface area contributed by atoms with Crippen LogP contribution >= 0.6 is 0 Å². The molecule has 1 N–H and O–H groups in total. The number of benzene rings is 1. The molecule has 0 aliphatic heterocycles. The van der Waals surface area contributed by atoms with Gasteiger partial charge in [0.15, 0.2) is 0 Å². The van der Waals surface area contributed by atoms with Crippen LogP contribution in [0, 0.1) is 0 Å². The van der Waals surface area contributed by atoms with Crippen LogP contribution in [0.2, 0.25) is 0 Å². The van der Waals surface area contributed by atoms with E-state index in [0.717, 1.165) is 11.4 Å². The number of hydrogen-bond donors (Lipinski definition) is 1. The molecule has 88 valence electrons. The lowest BCUT2D eigenvalue weighted by Crippen LogP contribution is -2.30. The lowest BCUT2D eigenvalue weighted by molar-refractivity contribution is 0.224. The molecule has 4 nitrogen and oxygen atoms in total. The number of hydrogen-bond acceptors (Lipinski definition) is 2. The molecule has 0 aliphatic carbocycles. The van der Waals surface area contributed by atoms with Gasteiger partial charge in [-0.2, -0.15) is 0 Å². The molecule has 16 heavy (non-hydrogen) atoms. The fourth-order valence-corrected chi connectivity index (χ4v) is 1.19. The van der Waals surface area contributed by atoms with Crippen LogP contribution in [-0.4, -0.2) is 31.1 Å². The highest BCUT2D eigenvalue weighted by Gasteiger charge is 2.06. The van der Waals surface area contributed by atoms with Gasteiger partial charge in [-0.05, 0) is 26.0 Å². The summed E-state index contributed by atoms with van der Waals surface area (Å²) in [5.74, 6) is 0.763. The number of nitrogens with one attached hydrogen (secondary N) is 1. The van der Waals surface area contributed by atoms with Crippen LogP contribution < -0.4 is 10.1 Å². The average Bonchev–Trinajstić information content (AvgIpc) is 2.29. The van der Waals surface area contributed by atoms with Crippen molar-refractivity contribution in [3.8, 4) is 5.75 Å². The standard InChI is InChI=1S/C12H18N2O2/c1-4-14(3)12(15)13-10-7-6-8-11(9-10)16-5-2/h6-9H,4-5H2,1-3H3,(H,13,15). The van der Waals surface area contributed by atoms with Gasteiger partial charge in [0.05, 0.1) is 6.61 Å². The van der Waals surface area contributed by atoms with Gasteiger partial charge in [0.1, 0.15) is 5.75 Å². The van der Waals surface area contributed by atoms with Crippen molar-refractivity contribution in [2.24, 2.45) is 0 Å². The van der Waals surface area contributed by atoms with Crippen LogP contribution in [0.5, 0.6) is 5.75 Å². The Balaban J connectivity index is 2.66. The van der Waals surface area contributed by atoms with E-state index in [-0.39, 0.29) is 6.03 Å². The van der Waals surface area contributed by atoms with Crippen molar-refractivity contribution in [3.63, 3.8) is 0 Å². The van der Waals surface area contributed by atoms with Gasteiger partial charge in [0.2, 0.25) is 0 Å². The highest BCUT2D eigenvalue weighted by atomic mass is 16.5. The number of amides is 2. The molecule has 1 aromatic carbocycles. The van der Waals surface area contributed by atoms with Crippen molar-refractivity contribution in [3.05, 3.63) is 24.3 Å². The molecule has 1 aromatic rings. The lowest BCUT2D eigenvalue weighted by Gasteiger charge is -2.15. The number of urea groups is 1. The molecule has 0 spiro atoms. The van der Waals surface area contributed by atoms with E-state index in [9.17, 15) is 4.79 Å². The van der Waals surface area contributed by atoms with Crippen molar-refractivity contribution in [2.45, 2.75) is 13.8 Å². The summed E-state index contributed by atoms with van der Waals surface area (Å²) in [6.45, 7) is 5.15.